The fraction of sp³-hybridized carbons (Fsp3) is 0.235. The summed E-state index contributed by atoms with van der Waals surface area (Å²) in [6, 6.07) is 8.26. The summed E-state index contributed by atoms with van der Waals surface area (Å²) in [5.41, 5.74) is 0.450. The SMILES string of the molecule is C[C@]1(c2ccsc2)NC(=O)N(CC(=O)NCc2ccc(Cl)cc2)C1=O. The van der Waals surface area contributed by atoms with Gasteiger partial charge in [-0.2, -0.15) is 11.3 Å². The number of nitrogens with one attached hydrogen (secondary N) is 2. The third kappa shape index (κ3) is 3.52. The van der Waals surface area contributed by atoms with Gasteiger partial charge in [-0.15, -0.1) is 0 Å². The molecule has 3 rings (SSSR count). The molecule has 1 fully saturated rings. The predicted molar refractivity (Wildman–Crippen MR) is 95.2 cm³/mol. The van der Waals surface area contributed by atoms with Crippen LogP contribution < -0.4 is 10.6 Å². The molecular formula is C17H16ClN3O3S. The fourth-order valence-corrected chi connectivity index (χ4v) is 3.48. The van der Waals surface area contributed by atoms with Crippen molar-refractivity contribution in [2.45, 2.75) is 19.0 Å². The second-order valence-corrected chi connectivity index (χ2v) is 7.08. The lowest BCUT2D eigenvalue weighted by molar-refractivity contribution is -0.134. The van der Waals surface area contributed by atoms with Crippen LogP contribution in [0.3, 0.4) is 0 Å². The van der Waals surface area contributed by atoms with Crippen LogP contribution in [0.25, 0.3) is 0 Å². The van der Waals surface area contributed by atoms with Crippen LogP contribution in [-0.2, 0) is 21.7 Å². The molecule has 2 heterocycles. The maximum atomic E-state index is 12.6. The number of hydrogen-bond acceptors (Lipinski definition) is 4. The lowest BCUT2D eigenvalue weighted by atomic mass is 9.95. The van der Waals surface area contributed by atoms with Crippen LogP contribution in [0.4, 0.5) is 4.79 Å². The van der Waals surface area contributed by atoms with Crippen molar-refractivity contribution in [3.05, 3.63) is 57.2 Å². The molecule has 1 aliphatic heterocycles. The van der Waals surface area contributed by atoms with E-state index in [1.165, 1.54) is 11.3 Å². The van der Waals surface area contributed by atoms with Crippen molar-refractivity contribution in [2.75, 3.05) is 6.54 Å². The molecule has 130 valence electrons. The highest BCUT2D eigenvalue weighted by Crippen LogP contribution is 2.30. The number of urea groups is 1. The van der Waals surface area contributed by atoms with Crippen molar-refractivity contribution in [1.82, 2.24) is 15.5 Å². The first kappa shape index (κ1) is 17.4. The quantitative estimate of drug-likeness (QED) is 0.786. The zero-order chi connectivity index (χ0) is 18.0. The molecule has 0 unspecified atom stereocenters. The van der Waals surface area contributed by atoms with Gasteiger partial charge in [0.25, 0.3) is 5.91 Å². The number of nitrogens with zero attached hydrogens (tertiary/aromatic N) is 1. The van der Waals surface area contributed by atoms with Crippen LogP contribution in [0.1, 0.15) is 18.1 Å². The molecule has 1 aromatic heterocycles. The lowest BCUT2D eigenvalue weighted by Gasteiger charge is -2.20. The zero-order valence-electron chi connectivity index (χ0n) is 13.4. The van der Waals surface area contributed by atoms with E-state index in [4.69, 9.17) is 11.6 Å². The van der Waals surface area contributed by atoms with Crippen LogP contribution in [0.2, 0.25) is 5.02 Å². The van der Waals surface area contributed by atoms with Gasteiger partial charge in [-0.25, -0.2) is 4.79 Å². The van der Waals surface area contributed by atoms with Gasteiger partial charge in [0.15, 0.2) is 0 Å². The average molecular weight is 378 g/mol. The summed E-state index contributed by atoms with van der Waals surface area (Å²) in [6.45, 7) is 1.61. The molecule has 2 aromatic rings. The summed E-state index contributed by atoms with van der Waals surface area (Å²) < 4.78 is 0. The summed E-state index contributed by atoms with van der Waals surface area (Å²) in [4.78, 5) is 37.8. The average Bonchev–Trinajstić information content (AvgIpc) is 3.19. The Labute approximate surface area is 153 Å². The summed E-state index contributed by atoms with van der Waals surface area (Å²) in [5.74, 6) is -0.842. The number of benzene rings is 1. The molecule has 0 radical (unpaired) electrons. The predicted octanol–water partition coefficient (Wildman–Crippen LogP) is 2.48. The van der Waals surface area contributed by atoms with E-state index in [1.807, 2.05) is 10.8 Å². The summed E-state index contributed by atoms with van der Waals surface area (Å²) >= 11 is 7.25. The van der Waals surface area contributed by atoms with Crippen molar-refractivity contribution >= 4 is 40.8 Å². The van der Waals surface area contributed by atoms with Crippen molar-refractivity contribution < 1.29 is 14.4 Å². The van der Waals surface area contributed by atoms with E-state index in [2.05, 4.69) is 10.6 Å². The van der Waals surface area contributed by atoms with E-state index < -0.39 is 23.4 Å². The van der Waals surface area contributed by atoms with E-state index in [0.29, 0.717) is 17.1 Å². The first-order valence-electron chi connectivity index (χ1n) is 7.58. The number of halogens is 1. The third-order valence-corrected chi connectivity index (χ3v) is 5.01. The Balaban J connectivity index is 1.62. The normalized spacial score (nSPS) is 19.8. The summed E-state index contributed by atoms with van der Waals surface area (Å²) in [7, 11) is 0. The number of thiophene rings is 1. The molecule has 0 bridgehead atoms. The molecular weight excluding hydrogens is 362 g/mol. The number of hydrogen-bond donors (Lipinski definition) is 2. The second-order valence-electron chi connectivity index (χ2n) is 5.86. The Morgan fingerprint density at radius 2 is 2.00 bits per heavy atom. The van der Waals surface area contributed by atoms with Crippen molar-refractivity contribution in [3.8, 4) is 0 Å². The second kappa shape index (κ2) is 6.85. The van der Waals surface area contributed by atoms with Gasteiger partial charge in [0.05, 0.1) is 0 Å². The number of rotatable bonds is 5. The highest BCUT2D eigenvalue weighted by Gasteiger charge is 2.49. The minimum atomic E-state index is -1.13. The van der Waals surface area contributed by atoms with Crippen LogP contribution in [-0.4, -0.2) is 29.3 Å². The maximum absolute atomic E-state index is 12.6. The van der Waals surface area contributed by atoms with Crippen LogP contribution in [0, 0.1) is 0 Å². The van der Waals surface area contributed by atoms with E-state index in [9.17, 15) is 14.4 Å². The van der Waals surface area contributed by atoms with E-state index in [0.717, 1.165) is 10.5 Å². The third-order valence-electron chi connectivity index (χ3n) is 4.08. The van der Waals surface area contributed by atoms with Crippen LogP contribution in [0.15, 0.2) is 41.1 Å². The molecule has 8 heteroatoms. The molecule has 1 saturated heterocycles. The number of amides is 4. The van der Waals surface area contributed by atoms with Gasteiger partial charge in [-0.05, 0) is 47.0 Å². The van der Waals surface area contributed by atoms with Gasteiger partial charge in [0.1, 0.15) is 12.1 Å². The Morgan fingerprint density at radius 3 is 2.64 bits per heavy atom. The van der Waals surface area contributed by atoms with Gasteiger partial charge >= 0.3 is 6.03 Å². The minimum absolute atomic E-state index is 0.293. The largest absolute Gasteiger partial charge is 0.350 e. The molecule has 0 aliphatic carbocycles. The van der Waals surface area contributed by atoms with E-state index in [1.54, 1.807) is 37.3 Å². The van der Waals surface area contributed by atoms with Gasteiger partial charge in [-0.3, -0.25) is 14.5 Å². The first-order valence-corrected chi connectivity index (χ1v) is 8.90. The van der Waals surface area contributed by atoms with Crippen LogP contribution in [0.5, 0.6) is 0 Å². The van der Waals surface area contributed by atoms with Gasteiger partial charge in [-0.1, -0.05) is 23.7 Å². The topological polar surface area (TPSA) is 78.5 Å². The Kier molecular flexibility index (Phi) is 4.78. The number of carbonyl (C=O) groups is 3. The smallest absolute Gasteiger partial charge is 0.325 e. The van der Waals surface area contributed by atoms with Gasteiger partial charge in [0, 0.05) is 11.6 Å². The van der Waals surface area contributed by atoms with Crippen molar-refractivity contribution in [2.24, 2.45) is 0 Å². The molecule has 1 aromatic carbocycles. The highest BCUT2D eigenvalue weighted by atomic mass is 35.5. The maximum Gasteiger partial charge on any atom is 0.325 e. The van der Waals surface area contributed by atoms with E-state index in [-0.39, 0.29) is 6.54 Å². The zero-order valence-corrected chi connectivity index (χ0v) is 15.0. The Hall–Kier alpha value is -2.38. The molecule has 0 spiro atoms. The summed E-state index contributed by atoms with van der Waals surface area (Å²) in [5, 5.41) is 9.62. The molecule has 2 N–H and O–H groups in total. The molecule has 1 atom stereocenters. The Bertz CT molecular complexity index is 807. The van der Waals surface area contributed by atoms with Crippen LogP contribution >= 0.6 is 22.9 Å². The monoisotopic (exact) mass is 377 g/mol. The van der Waals surface area contributed by atoms with Gasteiger partial charge < -0.3 is 10.6 Å². The molecule has 0 saturated carbocycles. The Morgan fingerprint density at radius 1 is 1.28 bits per heavy atom. The van der Waals surface area contributed by atoms with Crippen molar-refractivity contribution in [1.29, 1.82) is 0 Å². The number of imide groups is 1. The summed E-state index contributed by atoms with van der Waals surface area (Å²) in [6.07, 6.45) is 0. The fourth-order valence-electron chi connectivity index (χ4n) is 2.59. The first-order chi connectivity index (χ1) is 11.9. The van der Waals surface area contributed by atoms with Crippen molar-refractivity contribution in [3.63, 3.8) is 0 Å². The highest BCUT2D eigenvalue weighted by molar-refractivity contribution is 7.08. The molecule has 1 aliphatic rings. The molecule has 4 amide bonds. The van der Waals surface area contributed by atoms with E-state index >= 15 is 0 Å². The minimum Gasteiger partial charge on any atom is -0.350 e. The number of carbonyl (C=O) groups excluding carboxylic acids is 3. The molecule has 6 nitrogen and oxygen atoms in total. The standard InChI is InChI=1S/C17H16ClN3O3S/c1-17(12-6-7-25-10-12)15(23)21(16(24)20-17)9-14(22)19-8-11-2-4-13(18)5-3-11/h2-7,10H,8-9H2,1H3,(H,19,22)(H,20,24)/t17-/m1/s1. The lowest BCUT2D eigenvalue weighted by Crippen LogP contribution is -2.43. The van der Waals surface area contributed by atoms with Gasteiger partial charge in [0.2, 0.25) is 5.91 Å². The molecule has 25 heavy (non-hydrogen) atoms.